The number of hydrogen-bond donors (Lipinski definition) is 1. The van der Waals surface area contributed by atoms with E-state index in [2.05, 4.69) is 20.4 Å². The van der Waals surface area contributed by atoms with Crippen LogP contribution in [0.4, 0.5) is 0 Å². The Bertz CT molecular complexity index is 1200. The zero-order chi connectivity index (χ0) is 21.2. The molecule has 4 aromatic heterocycles. The third-order valence-corrected chi connectivity index (χ3v) is 5.88. The first-order valence-corrected chi connectivity index (χ1v) is 10.8. The molecule has 5 rings (SSSR count). The Balaban J connectivity index is 1.38. The minimum Gasteiger partial charge on any atom is -0.462 e. The van der Waals surface area contributed by atoms with Crippen LogP contribution >= 0.6 is 0 Å². The first kappa shape index (κ1) is 19.5. The van der Waals surface area contributed by atoms with Gasteiger partial charge in [-0.05, 0) is 30.5 Å². The molecular weight excluding hydrogens is 390 g/mol. The fourth-order valence-corrected chi connectivity index (χ4v) is 4.25. The molecule has 1 aliphatic rings. The van der Waals surface area contributed by atoms with Crippen molar-refractivity contribution < 1.29 is 9.21 Å². The van der Waals surface area contributed by atoms with E-state index in [-0.39, 0.29) is 11.9 Å². The number of fused-ring (bicyclic) bond motifs is 1. The van der Waals surface area contributed by atoms with E-state index in [1.165, 1.54) is 19.3 Å². The molecule has 0 atom stereocenters. The summed E-state index contributed by atoms with van der Waals surface area (Å²) in [5, 5.41) is 7.36. The second-order valence-electron chi connectivity index (χ2n) is 8.24. The molecular formula is C24H25N5O2. The van der Waals surface area contributed by atoms with Gasteiger partial charge in [-0.3, -0.25) is 14.5 Å². The zero-order valence-corrected chi connectivity index (χ0v) is 17.5. The average Bonchev–Trinajstić information content (AvgIpc) is 3.44. The number of nitrogens with one attached hydrogen (secondary N) is 1. The first-order chi connectivity index (χ1) is 15.2. The lowest BCUT2D eigenvalue weighted by Crippen LogP contribution is -2.36. The molecule has 0 saturated heterocycles. The predicted molar refractivity (Wildman–Crippen MR) is 118 cm³/mol. The molecule has 1 aliphatic carbocycles. The van der Waals surface area contributed by atoms with Crippen molar-refractivity contribution in [3.63, 3.8) is 0 Å². The fourth-order valence-electron chi connectivity index (χ4n) is 4.25. The van der Waals surface area contributed by atoms with Crippen molar-refractivity contribution >= 4 is 17.0 Å². The van der Waals surface area contributed by atoms with Crippen molar-refractivity contribution in [2.24, 2.45) is 7.05 Å². The molecule has 0 bridgehead atoms. The Morgan fingerprint density at radius 1 is 1.19 bits per heavy atom. The van der Waals surface area contributed by atoms with Gasteiger partial charge in [-0.25, -0.2) is 4.98 Å². The molecule has 158 valence electrons. The molecule has 0 aliphatic heterocycles. The lowest BCUT2D eigenvalue weighted by Gasteiger charge is -2.22. The van der Waals surface area contributed by atoms with Crippen LogP contribution < -0.4 is 5.32 Å². The molecule has 1 N–H and O–H groups in total. The molecule has 7 nitrogen and oxygen atoms in total. The summed E-state index contributed by atoms with van der Waals surface area (Å²) >= 11 is 0. The van der Waals surface area contributed by atoms with E-state index in [9.17, 15) is 4.79 Å². The highest BCUT2D eigenvalue weighted by Gasteiger charge is 2.19. The fraction of sp³-hybridized carbons (Fsp3) is 0.333. The Kier molecular flexibility index (Phi) is 5.24. The van der Waals surface area contributed by atoms with Gasteiger partial charge in [0, 0.05) is 49.1 Å². The van der Waals surface area contributed by atoms with Gasteiger partial charge < -0.3 is 9.73 Å². The third-order valence-electron chi connectivity index (χ3n) is 5.88. The topological polar surface area (TPSA) is 85.8 Å². The highest BCUT2D eigenvalue weighted by molar-refractivity contribution is 5.95. The third kappa shape index (κ3) is 4.21. The minimum atomic E-state index is -0.110. The summed E-state index contributed by atoms with van der Waals surface area (Å²) in [6.45, 7) is 0. The molecule has 1 saturated carbocycles. The largest absolute Gasteiger partial charge is 0.462 e. The Labute approximate surface area is 180 Å². The van der Waals surface area contributed by atoms with Gasteiger partial charge in [-0.1, -0.05) is 25.3 Å². The number of furan rings is 1. The van der Waals surface area contributed by atoms with E-state index in [1.807, 2.05) is 37.6 Å². The number of nitrogens with zero attached hydrogens (tertiary/aromatic N) is 4. The van der Waals surface area contributed by atoms with Crippen LogP contribution in [0, 0.1) is 0 Å². The highest BCUT2D eigenvalue weighted by atomic mass is 16.3. The van der Waals surface area contributed by atoms with Crippen molar-refractivity contribution in [3.05, 3.63) is 65.9 Å². The van der Waals surface area contributed by atoms with E-state index in [0.29, 0.717) is 23.2 Å². The first-order valence-electron chi connectivity index (χ1n) is 10.8. The van der Waals surface area contributed by atoms with E-state index >= 15 is 0 Å². The van der Waals surface area contributed by atoms with Crippen molar-refractivity contribution in [2.45, 2.75) is 44.6 Å². The van der Waals surface area contributed by atoms with E-state index in [1.54, 1.807) is 23.2 Å². The SMILES string of the molecule is Cn1cc(-c2ccc(Cc3cc(C(=O)NC4CCCCC4)nc4ccoc34)cn2)cn1. The lowest BCUT2D eigenvalue weighted by atomic mass is 9.95. The number of carbonyl (C=O) groups excluding carboxylic acids is 1. The Hall–Kier alpha value is -3.48. The zero-order valence-electron chi connectivity index (χ0n) is 17.5. The number of amides is 1. The summed E-state index contributed by atoms with van der Waals surface area (Å²) in [5.41, 5.74) is 5.68. The van der Waals surface area contributed by atoms with Gasteiger partial charge >= 0.3 is 0 Å². The molecule has 31 heavy (non-hydrogen) atoms. The van der Waals surface area contributed by atoms with E-state index in [4.69, 9.17) is 4.42 Å². The van der Waals surface area contributed by atoms with Crippen molar-refractivity contribution in [2.75, 3.05) is 0 Å². The molecule has 0 aromatic carbocycles. The Morgan fingerprint density at radius 3 is 2.81 bits per heavy atom. The van der Waals surface area contributed by atoms with Gasteiger partial charge in [-0.15, -0.1) is 0 Å². The Morgan fingerprint density at radius 2 is 2.06 bits per heavy atom. The molecule has 7 heteroatoms. The summed E-state index contributed by atoms with van der Waals surface area (Å²) in [6.07, 6.45) is 13.5. The second kappa shape index (κ2) is 8.34. The molecule has 0 radical (unpaired) electrons. The van der Waals surface area contributed by atoms with Crippen molar-refractivity contribution in [1.29, 1.82) is 0 Å². The number of aromatic nitrogens is 4. The number of hydrogen-bond acceptors (Lipinski definition) is 5. The van der Waals surface area contributed by atoms with E-state index < -0.39 is 0 Å². The maximum absolute atomic E-state index is 12.9. The van der Waals surface area contributed by atoms with Gasteiger partial charge in [-0.2, -0.15) is 5.10 Å². The van der Waals surface area contributed by atoms with Crippen LogP contribution in [-0.2, 0) is 13.5 Å². The van der Waals surface area contributed by atoms with E-state index in [0.717, 1.165) is 35.2 Å². The molecule has 1 amide bonds. The standard InChI is InChI=1S/C24H25N5O2/c1-29-15-18(14-26-29)20-8-7-16(13-25-20)11-17-12-22(28-21-9-10-31-23(17)21)24(30)27-19-5-3-2-4-6-19/h7-10,12-15,19H,2-6,11H2,1H3,(H,27,30). The molecule has 0 unspecified atom stereocenters. The van der Waals surface area contributed by atoms with Crippen LogP contribution in [0.5, 0.6) is 0 Å². The molecule has 1 fully saturated rings. The maximum atomic E-state index is 12.9. The quantitative estimate of drug-likeness (QED) is 0.526. The van der Waals surface area contributed by atoms with Crippen LogP contribution in [0.15, 0.2) is 53.5 Å². The summed E-state index contributed by atoms with van der Waals surface area (Å²) in [4.78, 5) is 22.0. The number of pyridine rings is 2. The molecule has 4 aromatic rings. The van der Waals surface area contributed by atoms with Gasteiger partial charge in [0.05, 0.1) is 18.2 Å². The summed E-state index contributed by atoms with van der Waals surface area (Å²) in [7, 11) is 1.89. The van der Waals surface area contributed by atoms with Gasteiger partial charge in [0.2, 0.25) is 0 Å². The van der Waals surface area contributed by atoms with Crippen molar-refractivity contribution in [3.8, 4) is 11.3 Å². The van der Waals surface area contributed by atoms with Crippen molar-refractivity contribution in [1.82, 2.24) is 25.1 Å². The van der Waals surface area contributed by atoms with Crippen LogP contribution in [-0.4, -0.2) is 31.7 Å². The lowest BCUT2D eigenvalue weighted by molar-refractivity contribution is 0.0923. The predicted octanol–water partition coefficient (Wildman–Crippen LogP) is 4.28. The molecule has 0 spiro atoms. The second-order valence-corrected chi connectivity index (χ2v) is 8.24. The number of aryl methyl sites for hydroxylation is 1. The van der Waals surface area contributed by atoms with Gasteiger partial charge in [0.1, 0.15) is 11.2 Å². The smallest absolute Gasteiger partial charge is 0.270 e. The summed E-state index contributed by atoms with van der Waals surface area (Å²) in [6, 6.07) is 7.94. The molecule has 4 heterocycles. The van der Waals surface area contributed by atoms with Crippen LogP contribution in [0.3, 0.4) is 0 Å². The normalized spacial score (nSPS) is 14.7. The highest BCUT2D eigenvalue weighted by Crippen LogP contribution is 2.24. The average molecular weight is 415 g/mol. The summed E-state index contributed by atoms with van der Waals surface area (Å²) in [5.74, 6) is -0.110. The van der Waals surface area contributed by atoms with Crippen LogP contribution in [0.2, 0.25) is 0 Å². The summed E-state index contributed by atoms with van der Waals surface area (Å²) < 4.78 is 7.44. The monoisotopic (exact) mass is 415 g/mol. The van der Waals surface area contributed by atoms with Gasteiger partial charge in [0.25, 0.3) is 5.91 Å². The number of carbonyl (C=O) groups is 1. The van der Waals surface area contributed by atoms with Crippen LogP contribution in [0.25, 0.3) is 22.4 Å². The van der Waals surface area contributed by atoms with Gasteiger partial charge in [0.15, 0.2) is 5.58 Å². The minimum absolute atomic E-state index is 0.110. The maximum Gasteiger partial charge on any atom is 0.270 e. The number of rotatable bonds is 5. The van der Waals surface area contributed by atoms with Crippen LogP contribution in [0.1, 0.15) is 53.7 Å².